The Morgan fingerprint density at radius 2 is 2.03 bits per heavy atom. The zero-order valence-electron chi connectivity index (χ0n) is 18.3. The molecule has 9 heteroatoms. The van der Waals surface area contributed by atoms with Gasteiger partial charge >= 0.3 is 6.09 Å². The molecule has 2 aromatic heterocycles. The van der Waals surface area contributed by atoms with Gasteiger partial charge < -0.3 is 20.7 Å². The third-order valence-corrected chi connectivity index (χ3v) is 5.22. The summed E-state index contributed by atoms with van der Waals surface area (Å²) in [4.78, 5) is 20.4. The normalized spacial score (nSPS) is 18.5. The van der Waals surface area contributed by atoms with Crippen LogP contribution in [0.25, 0.3) is 10.8 Å². The minimum absolute atomic E-state index is 0.0481. The van der Waals surface area contributed by atoms with Crippen LogP contribution in [0.2, 0.25) is 0 Å². The van der Waals surface area contributed by atoms with Crippen LogP contribution < -0.4 is 16.0 Å². The first-order chi connectivity index (χ1) is 14.9. The molecule has 0 saturated heterocycles. The number of alkyl carbamates (subject to hydrolysis) is 1. The lowest BCUT2D eigenvalue weighted by Crippen LogP contribution is -2.34. The molecule has 170 valence electrons. The van der Waals surface area contributed by atoms with Gasteiger partial charge in [0.05, 0.1) is 6.61 Å². The minimum atomic E-state index is -2.65. The van der Waals surface area contributed by atoms with E-state index in [1.165, 1.54) is 6.07 Å². The summed E-state index contributed by atoms with van der Waals surface area (Å²) >= 11 is 0. The Labute approximate surface area is 181 Å². The molecule has 1 amide bonds. The van der Waals surface area contributed by atoms with E-state index < -0.39 is 6.43 Å². The van der Waals surface area contributed by atoms with Gasteiger partial charge in [-0.15, -0.1) is 0 Å². The highest BCUT2D eigenvalue weighted by Crippen LogP contribution is 2.30. The average molecular weight is 436 g/mol. The van der Waals surface area contributed by atoms with E-state index in [-0.39, 0.29) is 29.9 Å². The summed E-state index contributed by atoms with van der Waals surface area (Å²) in [5, 5.41) is 10.8. The standard InChI is InChI=1S/C22H31F2N5O2/c1-4-5-8-31-22(30)28-16-7-6-15(10-16)27-19-11-17-14(12-25-19)9-18(20(23)24)29-21(17)26-13(2)3/h9,11-13,15-16,20H,4-8,10H2,1-3H3,(H,25,27)(H,26,29)(H,28,30)/t15-,16+/m0/s1. The second-order valence-electron chi connectivity index (χ2n) is 8.27. The van der Waals surface area contributed by atoms with E-state index in [9.17, 15) is 13.6 Å². The fraction of sp³-hybridized carbons (Fsp3) is 0.591. The summed E-state index contributed by atoms with van der Waals surface area (Å²) in [6.07, 6.45) is 2.92. The molecule has 0 spiro atoms. The van der Waals surface area contributed by atoms with Crippen LogP contribution in [0.1, 0.15) is 65.0 Å². The number of anilines is 2. The van der Waals surface area contributed by atoms with Crippen LogP contribution in [0.4, 0.5) is 25.2 Å². The largest absolute Gasteiger partial charge is 0.450 e. The number of fused-ring (bicyclic) bond motifs is 1. The molecular formula is C22H31F2N5O2. The van der Waals surface area contributed by atoms with Crippen molar-refractivity contribution in [3.8, 4) is 0 Å². The van der Waals surface area contributed by atoms with E-state index in [0.29, 0.717) is 23.6 Å². The highest BCUT2D eigenvalue weighted by molar-refractivity contribution is 5.93. The molecule has 2 atom stereocenters. The molecule has 0 bridgehead atoms. The van der Waals surface area contributed by atoms with Gasteiger partial charge in [-0.05, 0) is 51.7 Å². The Kier molecular flexibility index (Phi) is 7.81. The maximum absolute atomic E-state index is 13.2. The Balaban J connectivity index is 1.67. The molecule has 0 aromatic carbocycles. The average Bonchev–Trinajstić information content (AvgIpc) is 3.14. The van der Waals surface area contributed by atoms with Crippen LogP contribution >= 0.6 is 0 Å². The monoisotopic (exact) mass is 435 g/mol. The summed E-state index contributed by atoms with van der Waals surface area (Å²) in [7, 11) is 0. The highest BCUT2D eigenvalue weighted by Gasteiger charge is 2.26. The molecule has 1 fully saturated rings. The Morgan fingerprint density at radius 1 is 1.26 bits per heavy atom. The molecule has 2 heterocycles. The zero-order valence-corrected chi connectivity index (χ0v) is 18.3. The molecule has 0 unspecified atom stereocenters. The fourth-order valence-corrected chi connectivity index (χ4v) is 3.71. The summed E-state index contributed by atoms with van der Waals surface area (Å²) in [5.74, 6) is 1.08. The number of alkyl halides is 2. The number of nitrogens with one attached hydrogen (secondary N) is 3. The summed E-state index contributed by atoms with van der Waals surface area (Å²) in [6.45, 7) is 6.35. The lowest BCUT2D eigenvalue weighted by molar-refractivity contribution is 0.140. The maximum atomic E-state index is 13.2. The van der Waals surface area contributed by atoms with Gasteiger partial charge in [0, 0.05) is 35.1 Å². The van der Waals surface area contributed by atoms with Crippen LogP contribution in [0.3, 0.4) is 0 Å². The van der Waals surface area contributed by atoms with Crippen LogP contribution in [0.5, 0.6) is 0 Å². The minimum Gasteiger partial charge on any atom is -0.450 e. The molecule has 3 rings (SSSR count). The molecule has 2 aromatic rings. The van der Waals surface area contributed by atoms with Crippen molar-refractivity contribution >= 4 is 28.5 Å². The van der Waals surface area contributed by atoms with Crippen LogP contribution in [-0.4, -0.2) is 40.8 Å². The number of carbonyl (C=O) groups excluding carboxylic acids is 1. The number of aromatic nitrogens is 2. The first-order valence-corrected chi connectivity index (χ1v) is 10.9. The number of hydrogen-bond acceptors (Lipinski definition) is 6. The molecular weight excluding hydrogens is 404 g/mol. The number of nitrogens with zero attached hydrogens (tertiary/aromatic N) is 2. The van der Waals surface area contributed by atoms with Gasteiger partial charge in [0.1, 0.15) is 17.3 Å². The fourth-order valence-electron chi connectivity index (χ4n) is 3.71. The van der Waals surface area contributed by atoms with E-state index in [0.717, 1.165) is 37.5 Å². The Hall–Kier alpha value is -2.71. The smallest absolute Gasteiger partial charge is 0.407 e. The predicted octanol–water partition coefficient (Wildman–Crippen LogP) is 5.25. The van der Waals surface area contributed by atoms with Crippen LogP contribution in [-0.2, 0) is 4.74 Å². The number of amides is 1. The van der Waals surface area contributed by atoms with E-state index in [1.807, 2.05) is 26.8 Å². The van der Waals surface area contributed by atoms with Gasteiger partial charge in [-0.2, -0.15) is 0 Å². The summed E-state index contributed by atoms with van der Waals surface area (Å²) in [5.41, 5.74) is -0.270. The number of carbonyl (C=O) groups is 1. The third-order valence-electron chi connectivity index (χ3n) is 5.22. The molecule has 7 nitrogen and oxygen atoms in total. The van der Waals surface area contributed by atoms with E-state index >= 15 is 0 Å². The number of rotatable bonds is 9. The first kappa shape index (κ1) is 23.0. The number of hydrogen-bond donors (Lipinski definition) is 3. The van der Waals surface area contributed by atoms with Crippen molar-refractivity contribution in [1.82, 2.24) is 15.3 Å². The molecule has 1 aliphatic carbocycles. The molecule has 0 aliphatic heterocycles. The Morgan fingerprint density at radius 3 is 2.74 bits per heavy atom. The van der Waals surface area contributed by atoms with Crippen LogP contribution in [0, 0.1) is 0 Å². The van der Waals surface area contributed by atoms with Crippen molar-refractivity contribution in [2.45, 2.75) is 77.4 Å². The maximum Gasteiger partial charge on any atom is 0.407 e. The van der Waals surface area contributed by atoms with E-state index in [1.54, 1.807) is 6.20 Å². The van der Waals surface area contributed by atoms with Crippen molar-refractivity contribution < 1.29 is 18.3 Å². The lowest BCUT2D eigenvalue weighted by Gasteiger charge is -2.17. The molecule has 0 radical (unpaired) electrons. The number of pyridine rings is 2. The number of unbranched alkanes of at least 4 members (excludes halogenated alkanes) is 1. The highest BCUT2D eigenvalue weighted by atomic mass is 19.3. The van der Waals surface area contributed by atoms with Gasteiger partial charge in [0.25, 0.3) is 6.43 Å². The van der Waals surface area contributed by atoms with Gasteiger partial charge in [-0.25, -0.2) is 23.5 Å². The zero-order chi connectivity index (χ0) is 22.4. The van der Waals surface area contributed by atoms with Gasteiger partial charge in [-0.3, -0.25) is 0 Å². The lowest BCUT2D eigenvalue weighted by atomic mass is 10.1. The van der Waals surface area contributed by atoms with Gasteiger partial charge in [0.15, 0.2) is 0 Å². The van der Waals surface area contributed by atoms with Crippen LogP contribution in [0.15, 0.2) is 18.3 Å². The van der Waals surface area contributed by atoms with Crippen molar-refractivity contribution in [3.63, 3.8) is 0 Å². The van der Waals surface area contributed by atoms with Crippen molar-refractivity contribution in [2.75, 3.05) is 17.2 Å². The van der Waals surface area contributed by atoms with Gasteiger partial charge in [0.2, 0.25) is 0 Å². The summed E-state index contributed by atoms with van der Waals surface area (Å²) in [6, 6.07) is 3.47. The van der Waals surface area contributed by atoms with Gasteiger partial charge in [-0.1, -0.05) is 13.3 Å². The SMILES string of the molecule is CCCCOC(=O)N[C@@H]1CC[C@H](Nc2cc3c(NC(C)C)nc(C(F)F)cc3cn2)C1. The molecule has 3 N–H and O–H groups in total. The predicted molar refractivity (Wildman–Crippen MR) is 118 cm³/mol. The first-order valence-electron chi connectivity index (χ1n) is 10.9. The second-order valence-corrected chi connectivity index (χ2v) is 8.27. The molecule has 31 heavy (non-hydrogen) atoms. The Bertz CT molecular complexity index is 894. The van der Waals surface area contributed by atoms with E-state index in [2.05, 4.69) is 25.9 Å². The van der Waals surface area contributed by atoms with Crippen molar-refractivity contribution in [2.24, 2.45) is 0 Å². The third kappa shape index (κ3) is 6.38. The second kappa shape index (κ2) is 10.5. The topological polar surface area (TPSA) is 88.2 Å². The molecule has 1 saturated carbocycles. The summed E-state index contributed by atoms with van der Waals surface area (Å²) < 4.78 is 31.6. The van der Waals surface area contributed by atoms with Crippen molar-refractivity contribution in [1.29, 1.82) is 0 Å². The number of ether oxygens (including phenoxy) is 1. The van der Waals surface area contributed by atoms with E-state index in [4.69, 9.17) is 4.74 Å². The number of halogens is 2. The van der Waals surface area contributed by atoms with Crippen molar-refractivity contribution in [3.05, 3.63) is 24.0 Å². The quantitative estimate of drug-likeness (QED) is 0.467. The molecule has 1 aliphatic rings.